The number of hydrogen-bond donors (Lipinski definition) is 0. The van der Waals surface area contributed by atoms with Crippen LogP contribution in [0.3, 0.4) is 0 Å². The quantitative estimate of drug-likeness (QED) is 0.336. The van der Waals surface area contributed by atoms with Gasteiger partial charge in [0.15, 0.2) is 5.75 Å². The molecule has 0 radical (unpaired) electrons. The van der Waals surface area contributed by atoms with Crippen LogP contribution in [0.4, 0.5) is 0 Å². The summed E-state index contributed by atoms with van der Waals surface area (Å²) in [6.07, 6.45) is 3.27. The molecule has 1 aliphatic rings. The summed E-state index contributed by atoms with van der Waals surface area (Å²) in [7, 11) is 1.58. The maximum atomic E-state index is 12.3. The maximum Gasteiger partial charge on any atom is 0.343 e. The number of methoxy groups -OCH3 is 1. The van der Waals surface area contributed by atoms with Crippen LogP contribution in [0, 0.1) is 0 Å². The lowest BCUT2D eigenvalue weighted by molar-refractivity contribution is -0.132. The van der Waals surface area contributed by atoms with Crippen molar-refractivity contribution in [3.8, 4) is 11.5 Å². The Balaban J connectivity index is 2.00. The van der Waals surface area contributed by atoms with Gasteiger partial charge in [-0.1, -0.05) is 15.9 Å². The van der Waals surface area contributed by atoms with E-state index < -0.39 is 11.9 Å². The molecule has 5 nitrogen and oxygen atoms in total. The van der Waals surface area contributed by atoms with Gasteiger partial charge in [0, 0.05) is 22.5 Å². The molecule has 3 rings (SSSR count). The number of halogens is 2. The first-order valence-electron chi connectivity index (χ1n) is 7.85. The third-order valence-corrected chi connectivity index (χ3v) is 4.74. The summed E-state index contributed by atoms with van der Waals surface area (Å²) in [5, 5.41) is 0. The van der Waals surface area contributed by atoms with Gasteiger partial charge in [-0.15, -0.1) is 0 Å². The molecule has 7 heteroatoms. The van der Waals surface area contributed by atoms with E-state index in [1.54, 1.807) is 55.7 Å². The molecule has 0 saturated heterocycles. The van der Waals surface area contributed by atoms with Crippen molar-refractivity contribution >= 4 is 55.6 Å². The maximum absolute atomic E-state index is 12.3. The Hall–Kier alpha value is -2.38. The van der Waals surface area contributed by atoms with Gasteiger partial charge in [0.1, 0.15) is 11.5 Å². The van der Waals surface area contributed by atoms with Crippen LogP contribution < -0.4 is 9.47 Å². The molecule has 27 heavy (non-hydrogen) atoms. The number of hydrogen-bond acceptors (Lipinski definition) is 5. The largest absolute Gasteiger partial charge is 0.497 e. The molecule has 0 N–H and O–H groups in total. The average molecular weight is 494 g/mol. The first-order valence-corrected chi connectivity index (χ1v) is 9.43. The summed E-state index contributed by atoms with van der Waals surface area (Å²) in [5.74, 6) is 0.547. The van der Waals surface area contributed by atoms with Crippen molar-refractivity contribution in [1.82, 2.24) is 0 Å². The molecule has 0 fully saturated rings. The molecule has 1 aliphatic heterocycles. The summed E-state index contributed by atoms with van der Waals surface area (Å²) >= 11 is 6.77. The fourth-order valence-electron chi connectivity index (χ4n) is 2.49. The molecule has 138 valence electrons. The highest BCUT2D eigenvalue weighted by Gasteiger charge is 2.23. The third-order valence-electron chi connectivity index (χ3n) is 3.69. The molecule has 0 amide bonds. The van der Waals surface area contributed by atoms with Crippen molar-refractivity contribution in [2.45, 2.75) is 6.92 Å². The summed E-state index contributed by atoms with van der Waals surface area (Å²) in [5.41, 5.74) is 1.66. The van der Waals surface area contributed by atoms with Gasteiger partial charge in [0.2, 0.25) is 0 Å². The topological polar surface area (TPSA) is 61.8 Å². The second-order valence-electron chi connectivity index (χ2n) is 5.63. The fraction of sp³-hybridized carbons (Fsp3) is 0.100. The summed E-state index contributed by atoms with van der Waals surface area (Å²) < 4.78 is 17.1. The second-order valence-corrected chi connectivity index (χ2v) is 7.40. The van der Waals surface area contributed by atoms with Crippen LogP contribution in [0.1, 0.15) is 18.1 Å². The fourth-order valence-corrected chi connectivity index (χ4v) is 3.83. The van der Waals surface area contributed by atoms with E-state index in [1.807, 2.05) is 0 Å². The van der Waals surface area contributed by atoms with Crippen molar-refractivity contribution in [3.05, 3.63) is 68.1 Å². The molecule has 0 saturated carbocycles. The molecule has 2 aromatic carbocycles. The highest BCUT2D eigenvalue weighted by atomic mass is 79.9. The van der Waals surface area contributed by atoms with Gasteiger partial charge in [-0.3, -0.25) is 4.79 Å². The van der Waals surface area contributed by atoms with Crippen LogP contribution in [0.2, 0.25) is 0 Å². The Labute approximate surface area is 172 Å². The highest BCUT2D eigenvalue weighted by Crippen LogP contribution is 2.36. The average Bonchev–Trinajstić information content (AvgIpc) is 2.98. The van der Waals surface area contributed by atoms with E-state index in [9.17, 15) is 9.59 Å². The summed E-state index contributed by atoms with van der Waals surface area (Å²) in [6.45, 7) is 1.32. The number of carbonyl (C=O) groups excluding carboxylic acids is 2. The molecule has 0 aromatic heterocycles. The minimum Gasteiger partial charge on any atom is -0.497 e. The Kier molecular flexibility index (Phi) is 5.82. The highest BCUT2D eigenvalue weighted by molar-refractivity contribution is 9.11. The van der Waals surface area contributed by atoms with Crippen LogP contribution >= 0.6 is 31.9 Å². The van der Waals surface area contributed by atoms with Crippen LogP contribution in [-0.2, 0) is 14.3 Å². The predicted octanol–water partition coefficient (Wildman–Crippen LogP) is 5.13. The van der Waals surface area contributed by atoms with E-state index in [1.165, 1.54) is 6.92 Å². The summed E-state index contributed by atoms with van der Waals surface area (Å²) in [4.78, 5) is 23.7. The van der Waals surface area contributed by atoms with Gasteiger partial charge in [-0.2, -0.15) is 0 Å². The van der Waals surface area contributed by atoms with Gasteiger partial charge >= 0.3 is 11.9 Å². The Morgan fingerprint density at radius 3 is 2.48 bits per heavy atom. The molecule has 0 spiro atoms. The molecule has 0 unspecified atom stereocenters. The van der Waals surface area contributed by atoms with Crippen LogP contribution in [0.25, 0.3) is 11.8 Å². The minimum absolute atomic E-state index is 0.331. The van der Waals surface area contributed by atoms with Crippen molar-refractivity contribution in [2.75, 3.05) is 7.11 Å². The molecule has 0 aliphatic carbocycles. The zero-order valence-corrected chi connectivity index (χ0v) is 17.6. The van der Waals surface area contributed by atoms with E-state index >= 15 is 0 Å². The number of carbonyl (C=O) groups is 2. The van der Waals surface area contributed by atoms with E-state index in [2.05, 4.69) is 31.9 Å². The van der Waals surface area contributed by atoms with Crippen molar-refractivity contribution in [3.63, 3.8) is 0 Å². The lowest BCUT2D eigenvalue weighted by Crippen LogP contribution is -2.04. The summed E-state index contributed by atoms with van der Waals surface area (Å²) in [6, 6.07) is 10.7. The second kappa shape index (κ2) is 8.10. The van der Waals surface area contributed by atoms with E-state index in [0.29, 0.717) is 32.9 Å². The lowest BCUT2D eigenvalue weighted by atomic mass is 10.1. The predicted molar refractivity (Wildman–Crippen MR) is 108 cm³/mol. The van der Waals surface area contributed by atoms with Crippen LogP contribution in [-0.4, -0.2) is 19.0 Å². The van der Waals surface area contributed by atoms with Crippen molar-refractivity contribution < 1.29 is 23.8 Å². The number of esters is 2. The Morgan fingerprint density at radius 2 is 1.85 bits per heavy atom. The molecule has 0 atom stereocenters. The van der Waals surface area contributed by atoms with Crippen LogP contribution in [0.15, 0.2) is 57.0 Å². The number of rotatable bonds is 4. The standard InChI is InChI=1S/C20H14Br2O5/c1-11(23)26-19-13(8-15(21)10-17(19)22)7-14-9-18(27-20(14)24)12-3-5-16(25-2)6-4-12/h3-10H,1-2H3/b14-7+. The first kappa shape index (κ1) is 19.4. The lowest BCUT2D eigenvalue weighted by Gasteiger charge is -2.09. The van der Waals surface area contributed by atoms with Gasteiger partial charge in [-0.05, 0) is 64.5 Å². The van der Waals surface area contributed by atoms with Gasteiger partial charge in [0.05, 0.1) is 17.2 Å². The van der Waals surface area contributed by atoms with Gasteiger partial charge in [-0.25, -0.2) is 4.79 Å². The first-order chi connectivity index (χ1) is 12.9. The molecule has 0 bridgehead atoms. The molecular formula is C20H14Br2O5. The number of benzene rings is 2. The van der Waals surface area contributed by atoms with Crippen molar-refractivity contribution in [2.24, 2.45) is 0 Å². The monoisotopic (exact) mass is 492 g/mol. The zero-order valence-electron chi connectivity index (χ0n) is 14.4. The van der Waals surface area contributed by atoms with E-state index in [4.69, 9.17) is 14.2 Å². The van der Waals surface area contributed by atoms with E-state index in [-0.39, 0.29) is 0 Å². The number of cyclic esters (lactones) is 1. The number of ether oxygens (including phenoxy) is 3. The van der Waals surface area contributed by atoms with Gasteiger partial charge in [0.25, 0.3) is 0 Å². The normalized spacial score (nSPS) is 14.7. The van der Waals surface area contributed by atoms with E-state index in [0.717, 1.165) is 10.0 Å². The van der Waals surface area contributed by atoms with Crippen molar-refractivity contribution in [1.29, 1.82) is 0 Å². The smallest absolute Gasteiger partial charge is 0.343 e. The third kappa shape index (κ3) is 4.48. The Morgan fingerprint density at radius 1 is 1.15 bits per heavy atom. The molecule has 1 heterocycles. The van der Waals surface area contributed by atoms with Crippen LogP contribution in [0.5, 0.6) is 11.5 Å². The Bertz CT molecular complexity index is 975. The van der Waals surface area contributed by atoms with Gasteiger partial charge < -0.3 is 14.2 Å². The SMILES string of the molecule is COc1ccc(C2=C/C(=C\c3cc(Br)cc(Br)c3OC(C)=O)C(=O)O2)cc1. The molecular weight excluding hydrogens is 480 g/mol. The minimum atomic E-state index is -0.481. The zero-order chi connectivity index (χ0) is 19.6. The molecule has 2 aromatic rings.